The predicted molar refractivity (Wildman–Crippen MR) is 56.0 cm³/mol. The minimum absolute atomic E-state index is 0.825. The number of nitrogen functional groups attached to an aromatic ring is 1. The third-order valence-corrected chi connectivity index (χ3v) is 2.77. The fourth-order valence-electron chi connectivity index (χ4n) is 0.711. The molecule has 0 amide bonds. The van der Waals surface area contributed by atoms with Crippen molar-refractivity contribution in [2.24, 2.45) is 0 Å². The van der Waals surface area contributed by atoms with E-state index in [1.165, 1.54) is 5.56 Å². The molecule has 0 aliphatic rings. The summed E-state index contributed by atoms with van der Waals surface area (Å²) in [6, 6.07) is 4.07. The summed E-state index contributed by atoms with van der Waals surface area (Å²) in [6.45, 7) is 2.05. The van der Waals surface area contributed by atoms with Crippen LogP contribution in [-0.2, 0) is 0 Å². The summed E-state index contributed by atoms with van der Waals surface area (Å²) in [7, 11) is 0. The van der Waals surface area contributed by atoms with Crippen LogP contribution in [0.1, 0.15) is 5.56 Å². The topological polar surface area (TPSA) is 26.0 Å². The van der Waals surface area contributed by atoms with Gasteiger partial charge in [0.05, 0.1) is 5.69 Å². The summed E-state index contributed by atoms with van der Waals surface area (Å²) < 4.78 is 2.08. The largest absolute Gasteiger partial charge is 0.397 e. The smallest absolute Gasteiger partial charge is 0.0594 e. The molecular formula is C7H7BrIN. The SMILES string of the molecule is Cc1cc(Br)c(N)c(I)c1. The molecule has 0 aliphatic heterocycles. The summed E-state index contributed by atoms with van der Waals surface area (Å²) >= 11 is 5.59. The van der Waals surface area contributed by atoms with E-state index >= 15 is 0 Å². The minimum Gasteiger partial charge on any atom is -0.397 e. The molecule has 0 spiro atoms. The molecule has 0 aromatic heterocycles. The maximum absolute atomic E-state index is 5.70. The predicted octanol–water partition coefficient (Wildman–Crippen LogP) is 2.94. The van der Waals surface area contributed by atoms with Gasteiger partial charge >= 0.3 is 0 Å². The van der Waals surface area contributed by atoms with Crippen molar-refractivity contribution in [1.82, 2.24) is 0 Å². The lowest BCUT2D eigenvalue weighted by Crippen LogP contribution is -1.91. The molecule has 0 atom stereocenters. The number of hydrogen-bond donors (Lipinski definition) is 1. The van der Waals surface area contributed by atoms with Crippen LogP contribution in [0.4, 0.5) is 5.69 Å². The van der Waals surface area contributed by atoms with Crippen molar-refractivity contribution in [3.05, 3.63) is 25.7 Å². The van der Waals surface area contributed by atoms with Gasteiger partial charge in [-0.15, -0.1) is 0 Å². The molecule has 0 unspecified atom stereocenters. The third-order valence-electron chi connectivity index (χ3n) is 1.22. The monoisotopic (exact) mass is 311 g/mol. The normalized spacial score (nSPS) is 9.90. The maximum Gasteiger partial charge on any atom is 0.0594 e. The zero-order valence-electron chi connectivity index (χ0n) is 5.49. The van der Waals surface area contributed by atoms with E-state index in [9.17, 15) is 0 Å². The van der Waals surface area contributed by atoms with E-state index in [1.54, 1.807) is 0 Å². The Morgan fingerprint density at radius 3 is 2.60 bits per heavy atom. The first-order valence-electron chi connectivity index (χ1n) is 2.82. The second-order valence-electron chi connectivity index (χ2n) is 2.14. The van der Waals surface area contributed by atoms with Gasteiger partial charge < -0.3 is 5.73 Å². The van der Waals surface area contributed by atoms with E-state index in [0.717, 1.165) is 13.7 Å². The number of halogens is 2. The Balaban J connectivity index is 3.31. The minimum atomic E-state index is 0.825. The van der Waals surface area contributed by atoms with Gasteiger partial charge in [-0.25, -0.2) is 0 Å². The lowest BCUT2D eigenvalue weighted by molar-refractivity contribution is 1.43. The average molecular weight is 312 g/mol. The second-order valence-corrected chi connectivity index (χ2v) is 4.16. The van der Waals surface area contributed by atoms with E-state index in [1.807, 2.05) is 13.0 Å². The molecule has 3 heteroatoms. The molecule has 0 bridgehead atoms. The van der Waals surface area contributed by atoms with Gasteiger partial charge in [-0.3, -0.25) is 0 Å². The molecule has 0 saturated carbocycles. The van der Waals surface area contributed by atoms with Crippen LogP contribution in [0.2, 0.25) is 0 Å². The number of aryl methyl sites for hydroxylation is 1. The van der Waals surface area contributed by atoms with Crippen LogP contribution in [0.5, 0.6) is 0 Å². The number of rotatable bonds is 0. The van der Waals surface area contributed by atoms with E-state index in [2.05, 4.69) is 44.6 Å². The molecular weight excluding hydrogens is 305 g/mol. The number of hydrogen-bond acceptors (Lipinski definition) is 1. The molecule has 1 rings (SSSR count). The highest BCUT2D eigenvalue weighted by Crippen LogP contribution is 2.25. The van der Waals surface area contributed by atoms with Gasteiger partial charge in [0.25, 0.3) is 0 Å². The molecule has 2 N–H and O–H groups in total. The quantitative estimate of drug-likeness (QED) is 0.578. The van der Waals surface area contributed by atoms with Crippen LogP contribution in [0, 0.1) is 10.5 Å². The Hall–Kier alpha value is 0.230. The summed E-state index contributed by atoms with van der Waals surface area (Å²) in [6.07, 6.45) is 0. The maximum atomic E-state index is 5.70. The fourth-order valence-corrected chi connectivity index (χ4v) is 2.44. The standard InChI is InChI=1S/C7H7BrIN/c1-4-2-5(8)7(10)6(9)3-4/h2-3H,10H2,1H3. The summed E-state index contributed by atoms with van der Waals surface area (Å²) in [5.74, 6) is 0. The van der Waals surface area contributed by atoms with Crippen molar-refractivity contribution in [2.75, 3.05) is 5.73 Å². The van der Waals surface area contributed by atoms with Crippen molar-refractivity contribution < 1.29 is 0 Å². The molecule has 1 aromatic rings. The van der Waals surface area contributed by atoms with Gasteiger partial charge in [-0.1, -0.05) is 0 Å². The van der Waals surface area contributed by atoms with E-state index in [0.29, 0.717) is 0 Å². The first-order valence-corrected chi connectivity index (χ1v) is 4.69. The van der Waals surface area contributed by atoms with Crippen molar-refractivity contribution in [2.45, 2.75) is 6.92 Å². The molecule has 0 fully saturated rings. The Labute approximate surface area is 82.3 Å². The van der Waals surface area contributed by atoms with Gasteiger partial charge in [0.2, 0.25) is 0 Å². The van der Waals surface area contributed by atoms with Crippen LogP contribution in [-0.4, -0.2) is 0 Å². The van der Waals surface area contributed by atoms with Gasteiger partial charge in [-0.05, 0) is 63.1 Å². The molecule has 10 heavy (non-hydrogen) atoms. The van der Waals surface area contributed by atoms with Crippen LogP contribution < -0.4 is 5.73 Å². The zero-order chi connectivity index (χ0) is 7.72. The Kier molecular flexibility index (Phi) is 2.57. The van der Waals surface area contributed by atoms with Crippen molar-refractivity contribution in [1.29, 1.82) is 0 Å². The van der Waals surface area contributed by atoms with Crippen LogP contribution in [0.25, 0.3) is 0 Å². The van der Waals surface area contributed by atoms with Crippen molar-refractivity contribution in [3.63, 3.8) is 0 Å². The highest BCUT2D eigenvalue weighted by Gasteiger charge is 1.99. The van der Waals surface area contributed by atoms with Gasteiger partial charge in [-0.2, -0.15) is 0 Å². The van der Waals surface area contributed by atoms with Crippen LogP contribution in [0.3, 0.4) is 0 Å². The number of benzene rings is 1. The number of nitrogens with two attached hydrogens (primary N) is 1. The Morgan fingerprint density at radius 1 is 1.50 bits per heavy atom. The molecule has 0 heterocycles. The van der Waals surface area contributed by atoms with Crippen LogP contribution in [0.15, 0.2) is 16.6 Å². The van der Waals surface area contributed by atoms with Gasteiger partial charge in [0.15, 0.2) is 0 Å². The Morgan fingerprint density at radius 2 is 2.10 bits per heavy atom. The third kappa shape index (κ3) is 1.63. The summed E-state index contributed by atoms with van der Waals surface area (Å²) in [5, 5.41) is 0. The fraction of sp³-hybridized carbons (Fsp3) is 0.143. The molecule has 0 aliphatic carbocycles. The molecule has 54 valence electrons. The van der Waals surface area contributed by atoms with Gasteiger partial charge in [0, 0.05) is 8.04 Å². The first kappa shape index (κ1) is 8.33. The van der Waals surface area contributed by atoms with Crippen molar-refractivity contribution >= 4 is 44.2 Å². The number of anilines is 1. The Bertz CT molecular complexity index is 237. The zero-order valence-corrected chi connectivity index (χ0v) is 9.23. The van der Waals surface area contributed by atoms with Crippen molar-refractivity contribution in [3.8, 4) is 0 Å². The lowest BCUT2D eigenvalue weighted by Gasteiger charge is -2.01. The summed E-state index contributed by atoms with van der Waals surface area (Å²) in [4.78, 5) is 0. The summed E-state index contributed by atoms with van der Waals surface area (Å²) in [5.41, 5.74) is 7.75. The van der Waals surface area contributed by atoms with E-state index < -0.39 is 0 Å². The molecule has 0 saturated heterocycles. The first-order chi connectivity index (χ1) is 4.61. The highest BCUT2D eigenvalue weighted by atomic mass is 127. The molecule has 1 aromatic carbocycles. The second kappa shape index (κ2) is 3.09. The van der Waals surface area contributed by atoms with E-state index in [4.69, 9.17) is 5.73 Å². The average Bonchev–Trinajstić information content (AvgIpc) is 1.82. The molecule has 1 nitrogen and oxygen atoms in total. The molecule has 0 radical (unpaired) electrons. The highest BCUT2D eigenvalue weighted by molar-refractivity contribution is 14.1. The van der Waals surface area contributed by atoms with Crippen LogP contribution >= 0.6 is 38.5 Å². The van der Waals surface area contributed by atoms with E-state index in [-0.39, 0.29) is 0 Å². The van der Waals surface area contributed by atoms with Gasteiger partial charge in [0.1, 0.15) is 0 Å². The lowest BCUT2D eigenvalue weighted by atomic mass is 10.2.